The number of rotatable bonds is 6. The normalized spacial score (nSPS) is 19.4. The zero-order valence-corrected chi connectivity index (χ0v) is 18.1. The standard InChI is InChI=1S/C22H26N4O3S/c1-16-19(15-29-18-7-5-17(28-2)6-8-18)30-20(25-16)22(27)9-3-13-26(14-10-22)21-23-11-4-12-24-21/h4-8,11-12,27H,3,9-10,13-15H2,1-2H3/t22-/m0/s1. The van der Waals surface area contributed by atoms with Crippen LogP contribution in [0.4, 0.5) is 5.95 Å². The van der Waals surface area contributed by atoms with Gasteiger partial charge in [0.2, 0.25) is 5.95 Å². The van der Waals surface area contributed by atoms with E-state index in [1.54, 1.807) is 19.5 Å². The summed E-state index contributed by atoms with van der Waals surface area (Å²) in [6.45, 7) is 3.91. The van der Waals surface area contributed by atoms with Crippen LogP contribution < -0.4 is 14.4 Å². The molecule has 1 atom stereocenters. The Bertz CT molecular complexity index is 964. The molecule has 1 aliphatic heterocycles. The lowest BCUT2D eigenvalue weighted by atomic mass is 9.96. The number of anilines is 1. The van der Waals surface area contributed by atoms with E-state index in [4.69, 9.17) is 14.5 Å². The lowest BCUT2D eigenvalue weighted by Crippen LogP contribution is -2.30. The second kappa shape index (κ2) is 8.97. The zero-order valence-electron chi connectivity index (χ0n) is 17.2. The molecule has 4 rings (SSSR count). The molecule has 0 bridgehead atoms. The Morgan fingerprint density at radius 2 is 1.83 bits per heavy atom. The molecule has 3 aromatic rings. The summed E-state index contributed by atoms with van der Waals surface area (Å²) >= 11 is 1.54. The van der Waals surface area contributed by atoms with Crippen molar-refractivity contribution in [2.75, 3.05) is 25.1 Å². The molecule has 0 amide bonds. The number of benzene rings is 1. The molecule has 0 aliphatic carbocycles. The monoisotopic (exact) mass is 426 g/mol. The smallest absolute Gasteiger partial charge is 0.225 e. The van der Waals surface area contributed by atoms with Gasteiger partial charge in [-0.05, 0) is 50.1 Å². The number of ether oxygens (including phenoxy) is 2. The lowest BCUT2D eigenvalue weighted by molar-refractivity contribution is 0.0241. The molecule has 7 nitrogen and oxygen atoms in total. The molecule has 0 saturated carbocycles. The molecular weight excluding hydrogens is 400 g/mol. The predicted molar refractivity (Wildman–Crippen MR) is 116 cm³/mol. The van der Waals surface area contributed by atoms with Gasteiger partial charge in [0.15, 0.2) is 0 Å². The Morgan fingerprint density at radius 1 is 1.10 bits per heavy atom. The van der Waals surface area contributed by atoms with E-state index < -0.39 is 5.60 Å². The molecule has 2 aromatic heterocycles. The highest BCUT2D eigenvalue weighted by Crippen LogP contribution is 2.37. The van der Waals surface area contributed by atoms with Crippen molar-refractivity contribution in [1.29, 1.82) is 0 Å². The van der Waals surface area contributed by atoms with Gasteiger partial charge in [-0.15, -0.1) is 11.3 Å². The molecule has 0 spiro atoms. The maximum absolute atomic E-state index is 11.4. The number of aliphatic hydroxyl groups is 1. The van der Waals surface area contributed by atoms with Crippen molar-refractivity contribution in [3.05, 3.63) is 58.3 Å². The van der Waals surface area contributed by atoms with Crippen LogP contribution in [0.1, 0.15) is 34.8 Å². The van der Waals surface area contributed by atoms with Gasteiger partial charge < -0.3 is 19.5 Å². The van der Waals surface area contributed by atoms with Gasteiger partial charge in [-0.1, -0.05) is 0 Å². The molecular formula is C22H26N4O3S. The van der Waals surface area contributed by atoms with Gasteiger partial charge in [0.25, 0.3) is 0 Å². The van der Waals surface area contributed by atoms with Crippen LogP contribution in [-0.4, -0.2) is 40.3 Å². The van der Waals surface area contributed by atoms with E-state index in [2.05, 4.69) is 14.9 Å². The van der Waals surface area contributed by atoms with Crippen molar-refractivity contribution in [3.63, 3.8) is 0 Å². The van der Waals surface area contributed by atoms with Crippen LogP contribution >= 0.6 is 11.3 Å². The van der Waals surface area contributed by atoms with Crippen molar-refractivity contribution in [2.24, 2.45) is 0 Å². The lowest BCUT2D eigenvalue weighted by Gasteiger charge is -2.24. The number of hydrogen-bond donors (Lipinski definition) is 1. The van der Waals surface area contributed by atoms with Gasteiger partial charge in [0.05, 0.1) is 17.7 Å². The molecule has 1 N–H and O–H groups in total. The van der Waals surface area contributed by atoms with E-state index in [1.807, 2.05) is 37.3 Å². The van der Waals surface area contributed by atoms with Crippen LogP contribution in [0.5, 0.6) is 11.5 Å². The molecule has 3 heterocycles. The highest BCUT2D eigenvalue weighted by molar-refractivity contribution is 7.11. The van der Waals surface area contributed by atoms with Gasteiger partial charge in [-0.2, -0.15) is 0 Å². The molecule has 1 aliphatic rings. The largest absolute Gasteiger partial charge is 0.497 e. The molecule has 158 valence electrons. The van der Waals surface area contributed by atoms with E-state index in [9.17, 15) is 5.11 Å². The Kier molecular flexibility index (Phi) is 6.15. The van der Waals surface area contributed by atoms with E-state index in [1.165, 1.54) is 11.3 Å². The van der Waals surface area contributed by atoms with Gasteiger partial charge >= 0.3 is 0 Å². The minimum atomic E-state index is -0.933. The maximum Gasteiger partial charge on any atom is 0.225 e. The van der Waals surface area contributed by atoms with Crippen molar-refractivity contribution in [2.45, 2.75) is 38.4 Å². The Morgan fingerprint density at radius 3 is 2.57 bits per heavy atom. The molecule has 0 radical (unpaired) electrons. The van der Waals surface area contributed by atoms with Crippen LogP contribution in [0.3, 0.4) is 0 Å². The average molecular weight is 427 g/mol. The van der Waals surface area contributed by atoms with Crippen LogP contribution in [-0.2, 0) is 12.2 Å². The van der Waals surface area contributed by atoms with E-state index in [0.29, 0.717) is 31.9 Å². The van der Waals surface area contributed by atoms with E-state index >= 15 is 0 Å². The van der Waals surface area contributed by atoms with Crippen LogP contribution in [0.25, 0.3) is 0 Å². The second-order valence-corrected chi connectivity index (χ2v) is 8.50. The summed E-state index contributed by atoms with van der Waals surface area (Å²) in [5, 5.41) is 12.2. The fourth-order valence-corrected chi connectivity index (χ4v) is 4.69. The first-order valence-electron chi connectivity index (χ1n) is 10.1. The first kappa shape index (κ1) is 20.6. The van der Waals surface area contributed by atoms with Gasteiger partial charge in [-0.25, -0.2) is 15.0 Å². The quantitative estimate of drug-likeness (QED) is 0.644. The fraction of sp³-hybridized carbons (Fsp3) is 0.409. The highest BCUT2D eigenvalue weighted by Gasteiger charge is 2.36. The molecule has 1 saturated heterocycles. The summed E-state index contributed by atoms with van der Waals surface area (Å²) < 4.78 is 11.1. The van der Waals surface area contributed by atoms with Crippen molar-refractivity contribution < 1.29 is 14.6 Å². The number of methoxy groups -OCH3 is 1. The first-order chi connectivity index (χ1) is 14.6. The third kappa shape index (κ3) is 4.55. The number of thiazole rings is 1. The number of nitrogens with zero attached hydrogens (tertiary/aromatic N) is 4. The summed E-state index contributed by atoms with van der Waals surface area (Å²) in [6, 6.07) is 9.32. The minimum Gasteiger partial charge on any atom is -0.497 e. The van der Waals surface area contributed by atoms with Gasteiger partial charge in [0, 0.05) is 31.9 Å². The maximum atomic E-state index is 11.4. The third-order valence-electron chi connectivity index (χ3n) is 5.37. The molecule has 1 aromatic carbocycles. The zero-order chi connectivity index (χ0) is 21.0. The summed E-state index contributed by atoms with van der Waals surface area (Å²) in [6.07, 6.45) is 5.61. The highest BCUT2D eigenvalue weighted by atomic mass is 32.1. The van der Waals surface area contributed by atoms with Gasteiger partial charge in [0.1, 0.15) is 28.7 Å². The van der Waals surface area contributed by atoms with E-state index in [0.717, 1.165) is 40.0 Å². The fourth-order valence-electron chi connectivity index (χ4n) is 3.57. The first-order valence-corrected chi connectivity index (χ1v) is 10.9. The summed E-state index contributed by atoms with van der Waals surface area (Å²) in [4.78, 5) is 16.5. The minimum absolute atomic E-state index is 0.426. The van der Waals surface area contributed by atoms with Crippen molar-refractivity contribution >= 4 is 17.3 Å². The average Bonchev–Trinajstić information content (AvgIpc) is 3.04. The molecule has 1 fully saturated rings. The Labute approximate surface area is 180 Å². The van der Waals surface area contributed by atoms with Crippen molar-refractivity contribution in [1.82, 2.24) is 15.0 Å². The number of aromatic nitrogens is 3. The second-order valence-electron chi connectivity index (χ2n) is 7.41. The predicted octanol–water partition coefficient (Wildman–Crippen LogP) is 3.71. The Balaban J connectivity index is 1.43. The number of hydrogen-bond acceptors (Lipinski definition) is 8. The van der Waals surface area contributed by atoms with Crippen LogP contribution in [0.2, 0.25) is 0 Å². The van der Waals surface area contributed by atoms with Crippen LogP contribution in [0.15, 0.2) is 42.7 Å². The Hall–Kier alpha value is -2.71. The third-order valence-corrected chi connectivity index (χ3v) is 6.69. The van der Waals surface area contributed by atoms with Crippen LogP contribution in [0, 0.1) is 6.92 Å². The number of aryl methyl sites for hydroxylation is 1. The summed E-state index contributed by atoms with van der Waals surface area (Å²) in [5.74, 6) is 2.28. The summed E-state index contributed by atoms with van der Waals surface area (Å²) in [5.41, 5.74) is -0.0263. The molecule has 30 heavy (non-hydrogen) atoms. The van der Waals surface area contributed by atoms with Gasteiger partial charge in [-0.3, -0.25) is 0 Å². The topological polar surface area (TPSA) is 80.6 Å². The SMILES string of the molecule is COc1ccc(OCc2sc([C@]3(O)CCCN(c4ncccn4)CC3)nc2C)cc1. The molecule has 0 unspecified atom stereocenters. The van der Waals surface area contributed by atoms with Crippen molar-refractivity contribution in [3.8, 4) is 11.5 Å². The molecule has 8 heteroatoms. The summed E-state index contributed by atoms with van der Waals surface area (Å²) in [7, 11) is 1.64. The van der Waals surface area contributed by atoms with E-state index in [-0.39, 0.29) is 0 Å².